The van der Waals surface area contributed by atoms with E-state index in [1.54, 1.807) is 24.4 Å². The van der Waals surface area contributed by atoms with Gasteiger partial charge in [0.25, 0.3) is 11.8 Å². The van der Waals surface area contributed by atoms with Gasteiger partial charge in [-0.25, -0.2) is 4.98 Å². The summed E-state index contributed by atoms with van der Waals surface area (Å²) in [6, 6.07) is 9.68. The summed E-state index contributed by atoms with van der Waals surface area (Å²) in [4.78, 5) is 47.2. The van der Waals surface area contributed by atoms with Crippen molar-refractivity contribution >= 4 is 29.1 Å². The number of aromatic nitrogens is 1. The van der Waals surface area contributed by atoms with E-state index in [1.807, 2.05) is 12.1 Å². The van der Waals surface area contributed by atoms with E-state index in [9.17, 15) is 14.4 Å². The topological polar surface area (TPSA) is 121 Å². The second-order valence-electron chi connectivity index (χ2n) is 12.0. The number of anilines is 2. The number of carbonyl (C=O) groups excluding carboxylic acids is 3. The van der Waals surface area contributed by atoms with Gasteiger partial charge in [0.15, 0.2) is 5.78 Å². The second kappa shape index (κ2) is 11.6. The Morgan fingerprint density at radius 3 is 2.33 bits per heavy atom. The fraction of sp³-hybridized carbons (Fsp3) is 0.548. The number of Topliss-reactive ketones (excluding diaryl/α,β-unsaturated/α-hetero) is 1. The Labute approximate surface area is 235 Å². The summed E-state index contributed by atoms with van der Waals surface area (Å²) < 4.78 is 0. The quantitative estimate of drug-likeness (QED) is 0.370. The molecule has 40 heavy (non-hydrogen) atoms. The van der Waals surface area contributed by atoms with Crippen LogP contribution in [0.25, 0.3) is 0 Å². The van der Waals surface area contributed by atoms with Crippen LogP contribution in [0.1, 0.15) is 88.9 Å². The van der Waals surface area contributed by atoms with Crippen LogP contribution >= 0.6 is 0 Å². The molecule has 4 aliphatic rings. The highest BCUT2D eigenvalue weighted by Crippen LogP contribution is 2.39. The van der Waals surface area contributed by atoms with Crippen LogP contribution < -0.4 is 21.3 Å². The molecule has 1 aromatic carbocycles. The van der Waals surface area contributed by atoms with E-state index in [0.717, 1.165) is 57.7 Å². The Bertz CT molecular complexity index is 1240. The van der Waals surface area contributed by atoms with E-state index in [-0.39, 0.29) is 17.7 Å². The predicted octanol–water partition coefficient (Wildman–Crippen LogP) is 3.60. The average Bonchev–Trinajstić information content (AvgIpc) is 3.56. The maximum atomic E-state index is 13.2. The van der Waals surface area contributed by atoms with Gasteiger partial charge in [0.1, 0.15) is 5.82 Å². The lowest BCUT2D eigenvalue weighted by molar-refractivity contribution is 0.0924. The van der Waals surface area contributed by atoms with Gasteiger partial charge in [0.05, 0.1) is 5.56 Å². The molecule has 1 aromatic heterocycles. The first kappa shape index (κ1) is 26.7. The number of likely N-dealkylation sites (tertiary alicyclic amines) is 1. The normalized spacial score (nSPS) is 24.2. The Morgan fingerprint density at radius 1 is 0.950 bits per heavy atom. The van der Waals surface area contributed by atoms with Crippen molar-refractivity contribution in [1.29, 1.82) is 0 Å². The van der Waals surface area contributed by atoms with E-state index < -0.39 is 5.91 Å². The molecule has 1 saturated carbocycles. The number of hydrogen-bond donors (Lipinski definition) is 3. The molecule has 0 spiro atoms. The predicted molar refractivity (Wildman–Crippen MR) is 155 cm³/mol. The maximum Gasteiger partial charge on any atom is 0.251 e. The number of primary amides is 1. The molecule has 1 aliphatic carbocycles. The number of piperidine rings is 1. The summed E-state index contributed by atoms with van der Waals surface area (Å²) in [5.74, 6) is 1.08. The molecule has 6 rings (SSSR count). The summed E-state index contributed by atoms with van der Waals surface area (Å²) in [5, 5.41) is 6.56. The molecular weight excluding hydrogens is 504 g/mol. The highest BCUT2D eigenvalue weighted by Gasteiger charge is 2.42. The molecule has 0 radical (unpaired) electrons. The largest absolute Gasteiger partial charge is 0.384 e. The fourth-order valence-corrected chi connectivity index (χ4v) is 6.67. The third kappa shape index (κ3) is 5.99. The van der Waals surface area contributed by atoms with E-state index in [4.69, 9.17) is 10.7 Å². The number of carbonyl (C=O) groups is 3. The van der Waals surface area contributed by atoms with Gasteiger partial charge in [-0.15, -0.1) is 0 Å². The van der Waals surface area contributed by atoms with Gasteiger partial charge in [0, 0.05) is 60.6 Å². The SMILES string of the molecule is NC(=O)c1ccc(C(=O)N[C@H]2C[C@H]3CC[C@@H](C2)N3c2ccc(C(=O)CCN3CCCC3)cn2)cc1NCC1CC1. The lowest BCUT2D eigenvalue weighted by Gasteiger charge is -2.40. The lowest BCUT2D eigenvalue weighted by Crippen LogP contribution is -2.50. The van der Waals surface area contributed by atoms with Crippen molar-refractivity contribution in [2.24, 2.45) is 11.7 Å². The van der Waals surface area contributed by atoms with E-state index in [0.29, 0.717) is 46.8 Å². The number of nitrogens with one attached hydrogen (secondary N) is 2. The van der Waals surface area contributed by atoms with Gasteiger partial charge < -0.3 is 26.2 Å². The smallest absolute Gasteiger partial charge is 0.251 e. The van der Waals surface area contributed by atoms with Crippen molar-refractivity contribution in [3.8, 4) is 0 Å². The summed E-state index contributed by atoms with van der Waals surface area (Å²) in [5.41, 5.74) is 7.82. The Morgan fingerprint density at radius 2 is 1.68 bits per heavy atom. The number of rotatable bonds is 11. The summed E-state index contributed by atoms with van der Waals surface area (Å²) >= 11 is 0. The van der Waals surface area contributed by atoms with Crippen molar-refractivity contribution in [3.63, 3.8) is 0 Å². The van der Waals surface area contributed by atoms with Crippen LogP contribution in [-0.4, -0.2) is 71.8 Å². The zero-order chi connectivity index (χ0) is 27.6. The molecule has 2 aromatic rings. The number of ketones is 1. The monoisotopic (exact) mass is 544 g/mol. The first-order chi connectivity index (χ1) is 19.4. The van der Waals surface area contributed by atoms with Crippen molar-refractivity contribution in [2.75, 3.05) is 36.4 Å². The van der Waals surface area contributed by atoms with Gasteiger partial charge >= 0.3 is 0 Å². The summed E-state index contributed by atoms with van der Waals surface area (Å²) in [6.45, 7) is 3.82. The minimum absolute atomic E-state index is 0.0754. The van der Waals surface area contributed by atoms with Gasteiger partial charge in [0.2, 0.25) is 0 Å². The minimum Gasteiger partial charge on any atom is -0.384 e. The number of nitrogens with two attached hydrogens (primary N) is 1. The zero-order valence-corrected chi connectivity index (χ0v) is 23.1. The molecule has 212 valence electrons. The molecule has 4 heterocycles. The van der Waals surface area contributed by atoms with Gasteiger partial charge in [-0.1, -0.05) is 0 Å². The number of amides is 2. The highest BCUT2D eigenvalue weighted by molar-refractivity contribution is 6.02. The van der Waals surface area contributed by atoms with Crippen LogP contribution in [0.5, 0.6) is 0 Å². The molecule has 9 nitrogen and oxygen atoms in total. The molecule has 2 bridgehead atoms. The van der Waals surface area contributed by atoms with Gasteiger partial charge in [-0.3, -0.25) is 14.4 Å². The van der Waals surface area contributed by atoms with Crippen LogP contribution in [-0.2, 0) is 0 Å². The zero-order valence-electron chi connectivity index (χ0n) is 23.1. The first-order valence-corrected chi connectivity index (χ1v) is 14.9. The number of nitrogens with zero attached hydrogens (tertiary/aromatic N) is 3. The van der Waals surface area contributed by atoms with E-state index in [2.05, 4.69) is 20.4 Å². The van der Waals surface area contributed by atoms with Crippen molar-refractivity contribution in [2.45, 2.75) is 75.9 Å². The van der Waals surface area contributed by atoms with Crippen molar-refractivity contribution in [3.05, 3.63) is 53.2 Å². The number of pyridine rings is 1. The Kier molecular flexibility index (Phi) is 7.74. The molecule has 4 N–H and O–H groups in total. The molecule has 3 aliphatic heterocycles. The van der Waals surface area contributed by atoms with Crippen LogP contribution in [0.4, 0.5) is 11.5 Å². The summed E-state index contributed by atoms with van der Waals surface area (Å²) in [7, 11) is 0. The maximum absolute atomic E-state index is 13.2. The molecule has 3 saturated heterocycles. The Hall–Kier alpha value is -3.46. The van der Waals surface area contributed by atoms with Crippen LogP contribution in [0.2, 0.25) is 0 Å². The van der Waals surface area contributed by atoms with Gasteiger partial charge in [-0.05, 0) is 101 Å². The van der Waals surface area contributed by atoms with Crippen LogP contribution in [0.3, 0.4) is 0 Å². The number of benzene rings is 1. The second-order valence-corrected chi connectivity index (χ2v) is 12.0. The molecule has 4 fully saturated rings. The fourth-order valence-electron chi connectivity index (χ4n) is 6.67. The molecule has 2 amide bonds. The number of fused-ring (bicyclic) bond motifs is 2. The first-order valence-electron chi connectivity index (χ1n) is 14.9. The average molecular weight is 545 g/mol. The lowest BCUT2D eigenvalue weighted by atomic mass is 9.96. The number of hydrogen-bond acceptors (Lipinski definition) is 7. The molecular formula is C31H40N6O3. The molecule has 0 unspecified atom stereocenters. The third-order valence-corrected chi connectivity index (χ3v) is 9.08. The standard InChI is InChI=1S/C31H40N6O3/c32-30(39)26-9-5-21(15-27(26)33-18-20-3-4-20)31(40)35-23-16-24-7-8-25(17-23)37(24)29-10-6-22(19-34-29)28(38)11-14-36-12-1-2-13-36/h5-6,9-10,15,19-20,23-25,33H,1-4,7-8,11-14,16-18H2,(H2,32,39)(H,35,40)/t23-,24+,25-. The summed E-state index contributed by atoms with van der Waals surface area (Å²) in [6.07, 6.45) is 11.0. The Balaban J connectivity index is 1.05. The van der Waals surface area contributed by atoms with Crippen molar-refractivity contribution in [1.82, 2.24) is 15.2 Å². The molecule has 3 atom stereocenters. The third-order valence-electron chi connectivity index (χ3n) is 9.08. The van der Waals surface area contributed by atoms with E-state index >= 15 is 0 Å². The van der Waals surface area contributed by atoms with Crippen molar-refractivity contribution < 1.29 is 14.4 Å². The minimum atomic E-state index is -0.498. The van der Waals surface area contributed by atoms with Gasteiger partial charge in [-0.2, -0.15) is 0 Å². The van der Waals surface area contributed by atoms with E-state index in [1.165, 1.54) is 25.7 Å². The molecule has 9 heteroatoms. The van der Waals surface area contributed by atoms with Crippen LogP contribution in [0.15, 0.2) is 36.5 Å². The van der Waals surface area contributed by atoms with Crippen LogP contribution in [0, 0.1) is 5.92 Å². The highest BCUT2D eigenvalue weighted by atomic mass is 16.2.